The summed E-state index contributed by atoms with van der Waals surface area (Å²) in [7, 11) is -9.81. The van der Waals surface area contributed by atoms with Crippen LogP contribution in [0, 0.1) is 0 Å². The number of esters is 3. The van der Waals surface area contributed by atoms with Crippen molar-refractivity contribution >= 4 is 33.6 Å². The van der Waals surface area contributed by atoms with E-state index >= 15 is 0 Å². The highest BCUT2D eigenvalue weighted by Crippen LogP contribution is 2.45. The molecule has 0 aliphatic rings. The lowest BCUT2D eigenvalue weighted by Gasteiger charge is -2.21. The van der Waals surface area contributed by atoms with Crippen molar-refractivity contribution in [3.8, 4) is 0 Å². The van der Waals surface area contributed by atoms with E-state index in [1.54, 1.807) is 0 Å². The van der Waals surface area contributed by atoms with E-state index in [0.717, 1.165) is 161 Å². The lowest BCUT2D eigenvalue weighted by atomic mass is 10.0. The third kappa shape index (κ3) is 93.7. The zero-order valence-corrected chi connectivity index (χ0v) is 77.3. The van der Waals surface area contributed by atoms with Crippen LogP contribution < -0.4 is 0 Å². The number of allylic oxidation sites excluding steroid dienone is 26. The Balaban J connectivity index is 4.53. The number of unbranched alkanes of at least 4 members (excludes halogenated alkanes) is 41. The van der Waals surface area contributed by atoms with Crippen LogP contribution in [-0.4, -0.2) is 95.9 Å². The Morgan fingerprint density at radius 3 is 0.706 bits per heavy atom. The number of aliphatic hydroxyl groups excluding tert-OH is 2. The van der Waals surface area contributed by atoms with Gasteiger partial charge >= 0.3 is 33.6 Å². The Bertz CT molecular complexity index is 2790. The number of rotatable bonds is 90. The Kier molecular flexibility index (Phi) is 88.6. The largest absolute Gasteiger partial charge is 0.472 e. The maximum atomic E-state index is 13.1. The first kappa shape index (κ1) is 114. The monoisotopic (exact) mass is 1710 g/mol. The van der Waals surface area contributed by atoms with Gasteiger partial charge in [-0.05, 0) is 154 Å². The molecule has 0 rings (SSSR count). The molecular formula is C101H174O16P2. The van der Waals surface area contributed by atoms with Crippen LogP contribution in [0.3, 0.4) is 0 Å². The maximum Gasteiger partial charge on any atom is 0.472 e. The summed E-state index contributed by atoms with van der Waals surface area (Å²) in [5.41, 5.74) is 0. The summed E-state index contributed by atoms with van der Waals surface area (Å²) in [4.78, 5) is 59.0. The van der Waals surface area contributed by atoms with E-state index in [1.807, 2.05) is 0 Å². The molecule has 0 bridgehead atoms. The summed E-state index contributed by atoms with van der Waals surface area (Å²) in [5, 5.41) is 20.7. The molecule has 0 aliphatic heterocycles. The highest BCUT2D eigenvalue weighted by molar-refractivity contribution is 7.47. The molecule has 0 fully saturated rings. The standard InChI is InChI=1S/C101H174O16P2/c1-4-7-10-13-16-19-22-25-28-31-34-36-38-40-42-44-46-47-49-51-52-54-56-58-61-63-66-69-72-75-78-81-84-87-99(104)111-90-96(102)91-113-118(107,108)114-92-97(103)93-115-119(109,110)116-95-98(117-101(106)89-86-83-80-77-74-71-68-65-60-33-30-27-24-21-18-15-12-9-6-3)94-112-100(105)88-85-82-79-76-73-70-67-64-62-59-57-55-53-50-48-45-43-41-39-37-35-32-29-26-23-20-17-14-11-8-5-2/h7,10,16-21,25-30,34-37,40-43,46-47,60,65,96-98,102-103H,4-6,8-9,11-15,22-24,31-33,38-39,44-45,48-59,61-64,66-95H2,1-3H3,(H,107,108)(H,109,110)/b10-7-,19-16-,20-17-,21-18-,28-25-,29-26-,30-27-,36-34-,37-35-,42-40-,43-41-,47-46-,65-60-. The number of carbonyl (C=O) groups excluding carboxylic acids is 3. The number of hydrogen-bond donors (Lipinski definition) is 4. The van der Waals surface area contributed by atoms with Crippen LogP contribution in [0.2, 0.25) is 0 Å². The third-order valence-corrected chi connectivity index (χ3v) is 22.1. The summed E-state index contributed by atoms with van der Waals surface area (Å²) >= 11 is 0. The number of hydrogen-bond acceptors (Lipinski definition) is 14. The Labute approximate surface area is 727 Å². The average molecular weight is 1710 g/mol. The summed E-state index contributed by atoms with van der Waals surface area (Å²) in [5.74, 6) is -1.58. The van der Waals surface area contributed by atoms with Crippen molar-refractivity contribution in [1.82, 2.24) is 0 Å². The van der Waals surface area contributed by atoms with Gasteiger partial charge in [0.15, 0.2) is 6.10 Å². The normalized spacial score (nSPS) is 14.4. The van der Waals surface area contributed by atoms with Gasteiger partial charge in [-0.3, -0.25) is 32.5 Å². The predicted molar refractivity (Wildman–Crippen MR) is 500 cm³/mol. The van der Waals surface area contributed by atoms with Gasteiger partial charge in [0.25, 0.3) is 0 Å². The second kappa shape index (κ2) is 92.4. The van der Waals surface area contributed by atoms with Gasteiger partial charge in [-0.15, -0.1) is 0 Å². The number of carbonyl (C=O) groups is 3. The van der Waals surface area contributed by atoms with Crippen LogP contribution >= 0.6 is 15.6 Å². The molecule has 0 amide bonds. The molecule has 0 saturated carbocycles. The molecule has 0 heterocycles. The minimum absolute atomic E-state index is 0.0886. The SMILES string of the molecule is CC/C=C\C/C=C\C/C=C\C/C=C\C/C=C\C/C=C\CCCCCCCCCCCCCCCCC(=O)OCC(O)COP(=O)(O)OCC(O)COP(=O)(O)OCC(COC(=O)CCCCCCCCCCCCCCCCC/C=C\C/C=C\C/C=C\C/C=C\CCCCC)OC(=O)CCCCCCCC/C=C\C/C=C\C/C=C\CCCCC. The fraction of sp³-hybridized carbons (Fsp3) is 0.713. The topological polar surface area (TPSA) is 231 Å². The molecule has 0 saturated heterocycles. The first-order chi connectivity index (χ1) is 58.2. The maximum absolute atomic E-state index is 13.1. The van der Waals surface area contributed by atoms with E-state index in [9.17, 15) is 43.5 Å². The quantitative estimate of drug-likeness (QED) is 0.0146. The van der Waals surface area contributed by atoms with Crippen molar-refractivity contribution < 1.29 is 75.8 Å². The molecule has 0 aromatic heterocycles. The molecule has 0 radical (unpaired) electrons. The molecular weight excluding hydrogens is 1530 g/mol. The third-order valence-electron chi connectivity index (χ3n) is 20.2. The van der Waals surface area contributed by atoms with Gasteiger partial charge in [0.2, 0.25) is 0 Å². The first-order valence-corrected chi connectivity index (χ1v) is 50.8. The van der Waals surface area contributed by atoms with Gasteiger partial charge in [0, 0.05) is 19.3 Å². The Morgan fingerprint density at radius 2 is 0.445 bits per heavy atom. The molecule has 5 atom stereocenters. The van der Waals surface area contributed by atoms with Gasteiger partial charge in [-0.1, -0.05) is 391 Å². The summed E-state index contributed by atoms with van der Waals surface area (Å²) < 4.78 is 61.5. The fourth-order valence-electron chi connectivity index (χ4n) is 13.0. The molecule has 4 N–H and O–H groups in total. The summed E-state index contributed by atoms with van der Waals surface area (Å²) in [6, 6.07) is 0. The van der Waals surface area contributed by atoms with Gasteiger partial charge in [-0.2, -0.15) is 0 Å². The lowest BCUT2D eigenvalue weighted by molar-refractivity contribution is -0.161. The van der Waals surface area contributed by atoms with E-state index in [4.69, 9.17) is 32.3 Å². The molecule has 0 aromatic rings. The van der Waals surface area contributed by atoms with Crippen molar-refractivity contribution in [2.45, 2.75) is 424 Å². The van der Waals surface area contributed by atoms with Crippen LogP contribution in [-0.2, 0) is 55.8 Å². The van der Waals surface area contributed by atoms with Crippen LogP contribution in [0.5, 0.6) is 0 Å². The second-order valence-electron chi connectivity index (χ2n) is 31.8. The fourth-order valence-corrected chi connectivity index (χ4v) is 14.6. The van der Waals surface area contributed by atoms with Crippen molar-refractivity contribution in [3.63, 3.8) is 0 Å². The van der Waals surface area contributed by atoms with E-state index in [0.29, 0.717) is 19.3 Å². The molecule has 684 valence electrons. The van der Waals surface area contributed by atoms with Gasteiger partial charge in [-0.25, -0.2) is 9.13 Å². The smallest absolute Gasteiger partial charge is 0.463 e. The minimum atomic E-state index is -4.95. The van der Waals surface area contributed by atoms with Crippen LogP contribution in [0.15, 0.2) is 158 Å². The predicted octanol–water partition coefficient (Wildman–Crippen LogP) is 29.7. The van der Waals surface area contributed by atoms with Gasteiger partial charge in [0.05, 0.1) is 26.4 Å². The highest BCUT2D eigenvalue weighted by atomic mass is 31.2. The van der Waals surface area contributed by atoms with E-state index < -0.39 is 91.5 Å². The van der Waals surface area contributed by atoms with Crippen molar-refractivity contribution in [3.05, 3.63) is 158 Å². The average Bonchev–Trinajstić information content (AvgIpc) is 0.941. The molecule has 0 aliphatic carbocycles. The molecule has 18 heteroatoms. The Morgan fingerprint density at radius 1 is 0.244 bits per heavy atom. The number of phosphoric ester groups is 2. The molecule has 5 unspecified atom stereocenters. The second-order valence-corrected chi connectivity index (χ2v) is 34.7. The van der Waals surface area contributed by atoms with E-state index in [-0.39, 0.29) is 19.3 Å². The van der Waals surface area contributed by atoms with Gasteiger partial charge < -0.3 is 34.2 Å². The van der Waals surface area contributed by atoms with E-state index in [1.165, 1.54) is 186 Å². The van der Waals surface area contributed by atoms with E-state index in [2.05, 4.69) is 179 Å². The molecule has 16 nitrogen and oxygen atoms in total. The molecule has 0 aromatic carbocycles. The van der Waals surface area contributed by atoms with Crippen LogP contribution in [0.1, 0.15) is 406 Å². The molecule has 0 spiro atoms. The summed E-state index contributed by atoms with van der Waals surface area (Å²) in [6.45, 7) is 2.55. The highest BCUT2D eigenvalue weighted by Gasteiger charge is 2.30. The van der Waals surface area contributed by atoms with Crippen molar-refractivity contribution in [1.29, 1.82) is 0 Å². The number of aliphatic hydroxyl groups is 2. The molecule has 119 heavy (non-hydrogen) atoms. The zero-order chi connectivity index (χ0) is 86.5. The number of phosphoric acid groups is 2. The minimum Gasteiger partial charge on any atom is -0.463 e. The zero-order valence-electron chi connectivity index (χ0n) is 75.5. The van der Waals surface area contributed by atoms with Gasteiger partial charge in [0.1, 0.15) is 25.4 Å². The van der Waals surface area contributed by atoms with Crippen LogP contribution in [0.25, 0.3) is 0 Å². The van der Waals surface area contributed by atoms with Crippen LogP contribution in [0.4, 0.5) is 0 Å². The van der Waals surface area contributed by atoms with Crippen molar-refractivity contribution in [2.24, 2.45) is 0 Å². The summed E-state index contributed by atoms with van der Waals surface area (Å²) in [6.07, 6.45) is 119. The Hall–Kier alpha value is -4.83. The lowest BCUT2D eigenvalue weighted by Crippen LogP contribution is -2.30. The first-order valence-electron chi connectivity index (χ1n) is 47.8. The number of ether oxygens (including phenoxy) is 3. The van der Waals surface area contributed by atoms with Crippen molar-refractivity contribution in [2.75, 3.05) is 39.6 Å².